The normalized spacial score (nSPS) is 23.1. The highest BCUT2D eigenvalue weighted by molar-refractivity contribution is 7.89. The molecular weight excluding hydrogens is 395 g/mol. The van der Waals surface area contributed by atoms with Crippen LogP contribution in [0.1, 0.15) is 17.0 Å². The number of carbonyl (C=O) groups is 1. The van der Waals surface area contributed by atoms with Crippen molar-refractivity contribution in [3.63, 3.8) is 0 Å². The molecule has 2 aromatic carbocycles. The van der Waals surface area contributed by atoms with E-state index in [2.05, 4.69) is 5.32 Å². The predicted molar refractivity (Wildman–Crippen MR) is 99.7 cm³/mol. The van der Waals surface area contributed by atoms with Gasteiger partial charge in [-0.1, -0.05) is 53.5 Å². The summed E-state index contributed by atoms with van der Waals surface area (Å²) in [5, 5.41) is 3.09. The van der Waals surface area contributed by atoms with Gasteiger partial charge in [0.1, 0.15) is 4.90 Å². The highest BCUT2D eigenvalue weighted by Crippen LogP contribution is 2.40. The van der Waals surface area contributed by atoms with E-state index in [9.17, 15) is 13.2 Å². The number of amides is 1. The van der Waals surface area contributed by atoms with Gasteiger partial charge in [-0.05, 0) is 23.3 Å². The van der Waals surface area contributed by atoms with E-state index < -0.39 is 15.9 Å². The van der Waals surface area contributed by atoms with E-state index in [4.69, 9.17) is 23.2 Å². The van der Waals surface area contributed by atoms with E-state index in [0.717, 1.165) is 11.1 Å². The van der Waals surface area contributed by atoms with E-state index in [1.165, 1.54) is 10.4 Å². The van der Waals surface area contributed by atoms with Crippen LogP contribution in [-0.4, -0.2) is 31.7 Å². The Morgan fingerprint density at radius 1 is 1.00 bits per heavy atom. The van der Waals surface area contributed by atoms with Gasteiger partial charge in [0, 0.05) is 25.6 Å². The quantitative estimate of drug-likeness (QED) is 0.826. The number of nitrogens with one attached hydrogen (secondary N) is 1. The largest absolute Gasteiger partial charge is 0.352 e. The van der Waals surface area contributed by atoms with Crippen LogP contribution < -0.4 is 5.32 Å². The number of hydrogen-bond acceptors (Lipinski definition) is 3. The van der Waals surface area contributed by atoms with Gasteiger partial charge in [0.15, 0.2) is 0 Å². The maximum Gasteiger partial charge on any atom is 0.244 e. The molecule has 1 fully saturated rings. The Morgan fingerprint density at radius 3 is 2.54 bits per heavy atom. The molecule has 136 valence electrons. The molecule has 2 aliphatic rings. The number of hydrogen-bond donors (Lipinski definition) is 1. The fourth-order valence-corrected chi connectivity index (χ4v) is 5.97. The standard InChI is InChI=1S/C18H16Cl2N2O3S/c19-15-6-3-7-16(17(15)20)26(24,25)22-9-13-12-5-2-1-4-11(12)8-21-18(23)14(13)10-22/h1-7,13-14H,8-10H2,(H,21,23). The predicted octanol–water partition coefficient (Wildman–Crippen LogP) is 3.03. The van der Waals surface area contributed by atoms with E-state index in [1.807, 2.05) is 24.3 Å². The van der Waals surface area contributed by atoms with Crippen LogP contribution >= 0.6 is 23.2 Å². The molecule has 0 spiro atoms. The molecule has 2 atom stereocenters. The highest BCUT2D eigenvalue weighted by Gasteiger charge is 2.45. The van der Waals surface area contributed by atoms with E-state index in [0.29, 0.717) is 6.54 Å². The second-order valence-electron chi connectivity index (χ2n) is 6.50. The van der Waals surface area contributed by atoms with Gasteiger partial charge >= 0.3 is 0 Å². The summed E-state index contributed by atoms with van der Waals surface area (Å²) < 4.78 is 27.5. The molecule has 0 bridgehead atoms. The SMILES string of the molecule is O=C1NCc2ccccc2C2CN(S(=O)(=O)c3cccc(Cl)c3Cl)CC12. The fourth-order valence-electron chi connectivity index (χ4n) is 3.74. The van der Waals surface area contributed by atoms with Crippen LogP contribution in [0.3, 0.4) is 0 Å². The first-order valence-electron chi connectivity index (χ1n) is 8.19. The van der Waals surface area contributed by atoms with Crippen LogP contribution in [0.15, 0.2) is 47.4 Å². The lowest BCUT2D eigenvalue weighted by Crippen LogP contribution is -2.34. The summed E-state index contributed by atoms with van der Waals surface area (Å²) in [6, 6.07) is 12.3. The number of benzene rings is 2. The maximum atomic E-state index is 13.1. The van der Waals surface area contributed by atoms with Crippen LogP contribution in [0.2, 0.25) is 10.0 Å². The van der Waals surface area contributed by atoms with Crippen molar-refractivity contribution in [2.45, 2.75) is 17.4 Å². The first-order valence-corrected chi connectivity index (χ1v) is 10.4. The van der Waals surface area contributed by atoms with E-state index >= 15 is 0 Å². The molecule has 0 aromatic heterocycles. The Balaban J connectivity index is 1.74. The molecule has 4 rings (SSSR count). The molecule has 1 N–H and O–H groups in total. The van der Waals surface area contributed by atoms with Crippen molar-refractivity contribution in [3.05, 3.63) is 63.6 Å². The van der Waals surface area contributed by atoms with Crippen LogP contribution in [0.5, 0.6) is 0 Å². The number of sulfonamides is 1. The fraction of sp³-hybridized carbons (Fsp3) is 0.278. The topological polar surface area (TPSA) is 66.5 Å². The molecule has 1 saturated heterocycles. The molecule has 0 saturated carbocycles. The van der Waals surface area contributed by atoms with E-state index in [-0.39, 0.29) is 39.9 Å². The second-order valence-corrected chi connectivity index (χ2v) is 9.20. The van der Waals surface area contributed by atoms with Gasteiger partial charge in [0.2, 0.25) is 15.9 Å². The zero-order valence-corrected chi connectivity index (χ0v) is 16.0. The second kappa shape index (κ2) is 6.53. The van der Waals surface area contributed by atoms with Crippen molar-refractivity contribution < 1.29 is 13.2 Å². The molecule has 1 amide bonds. The lowest BCUT2D eigenvalue weighted by atomic mass is 9.87. The van der Waals surface area contributed by atoms with Crippen LogP contribution in [0, 0.1) is 5.92 Å². The van der Waals surface area contributed by atoms with Crippen molar-refractivity contribution >= 4 is 39.1 Å². The van der Waals surface area contributed by atoms with Crippen molar-refractivity contribution in [2.24, 2.45) is 5.92 Å². The highest BCUT2D eigenvalue weighted by atomic mass is 35.5. The number of carbonyl (C=O) groups excluding carboxylic acids is 1. The molecular formula is C18H16Cl2N2O3S. The molecule has 26 heavy (non-hydrogen) atoms. The monoisotopic (exact) mass is 410 g/mol. The number of fused-ring (bicyclic) bond motifs is 3. The van der Waals surface area contributed by atoms with Gasteiger partial charge in [-0.15, -0.1) is 0 Å². The first-order chi connectivity index (χ1) is 12.4. The summed E-state index contributed by atoms with van der Waals surface area (Å²) in [5.74, 6) is -0.728. The zero-order valence-electron chi connectivity index (χ0n) is 13.7. The zero-order chi connectivity index (χ0) is 18.5. The lowest BCUT2D eigenvalue weighted by Gasteiger charge is -2.18. The lowest BCUT2D eigenvalue weighted by molar-refractivity contribution is -0.124. The van der Waals surface area contributed by atoms with Crippen molar-refractivity contribution in [3.8, 4) is 0 Å². The minimum absolute atomic E-state index is 0.00566. The van der Waals surface area contributed by atoms with Gasteiger partial charge < -0.3 is 5.32 Å². The Kier molecular flexibility index (Phi) is 4.47. The molecule has 8 heteroatoms. The summed E-state index contributed by atoms with van der Waals surface area (Å²) >= 11 is 12.1. The Labute approximate surface area is 162 Å². The minimum atomic E-state index is -3.85. The van der Waals surface area contributed by atoms with Crippen LogP contribution in [-0.2, 0) is 21.4 Å². The Bertz CT molecular complexity index is 994. The third-order valence-corrected chi connectivity index (χ3v) is 7.87. The van der Waals surface area contributed by atoms with Crippen molar-refractivity contribution in [1.82, 2.24) is 9.62 Å². The molecule has 5 nitrogen and oxygen atoms in total. The molecule has 0 aliphatic carbocycles. The van der Waals surface area contributed by atoms with Gasteiger partial charge in [0.05, 0.1) is 16.0 Å². The molecule has 0 radical (unpaired) electrons. The van der Waals surface area contributed by atoms with Gasteiger partial charge in [-0.3, -0.25) is 4.79 Å². The third kappa shape index (κ3) is 2.81. The average Bonchev–Trinajstić information content (AvgIpc) is 3.03. The summed E-state index contributed by atoms with van der Waals surface area (Å²) in [6.45, 7) is 0.825. The number of rotatable bonds is 2. The maximum absolute atomic E-state index is 13.1. The number of nitrogens with zero attached hydrogens (tertiary/aromatic N) is 1. The summed E-state index contributed by atoms with van der Waals surface area (Å²) in [5.41, 5.74) is 2.04. The summed E-state index contributed by atoms with van der Waals surface area (Å²) in [6.07, 6.45) is 0. The van der Waals surface area contributed by atoms with Gasteiger partial charge in [0.25, 0.3) is 0 Å². The Morgan fingerprint density at radius 2 is 1.73 bits per heavy atom. The summed E-state index contributed by atoms with van der Waals surface area (Å²) in [4.78, 5) is 12.5. The Hall–Kier alpha value is -1.60. The minimum Gasteiger partial charge on any atom is -0.352 e. The molecule has 2 aromatic rings. The van der Waals surface area contributed by atoms with Crippen LogP contribution in [0.25, 0.3) is 0 Å². The molecule has 2 aliphatic heterocycles. The average molecular weight is 411 g/mol. The van der Waals surface area contributed by atoms with Crippen molar-refractivity contribution in [1.29, 1.82) is 0 Å². The first kappa shape index (κ1) is 17.8. The molecule has 2 heterocycles. The number of halogens is 2. The van der Waals surface area contributed by atoms with Gasteiger partial charge in [-0.25, -0.2) is 8.42 Å². The van der Waals surface area contributed by atoms with Crippen molar-refractivity contribution in [2.75, 3.05) is 13.1 Å². The van der Waals surface area contributed by atoms with Crippen LogP contribution in [0.4, 0.5) is 0 Å². The third-order valence-electron chi connectivity index (χ3n) is 5.06. The smallest absolute Gasteiger partial charge is 0.244 e. The van der Waals surface area contributed by atoms with E-state index in [1.54, 1.807) is 12.1 Å². The summed E-state index contributed by atoms with van der Waals surface area (Å²) in [7, 11) is -3.85. The molecule has 2 unspecified atom stereocenters. The van der Waals surface area contributed by atoms with Gasteiger partial charge in [-0.2, -0.15) is 4.31 Å².